The molecule has 0 amide bonds. The summed E-state index contributed by atoms with van der Waals surface area (Å²) in [6.07, 6.45) is 8.37. The first-order valence-corrected chi connectivity index (χ1v) is 8.31. The van der Waals surface area contributed by atoms with E-state index in [0.29, 0.717) is 0 Å². The second-order valence-corrected chi connectivity index (χ2v) is 7.32. The maximum absolute atomic E-state index is 6.40. The summed E-state index contributed by atoms with van der Waals surface area (Å²) < 4.78 is 7.06. The van der Waals surface area contributed by atoms with Gasteiger partial charge in [-0.3, -0.25) is 5.50 Å². The normalized spacial score (nSPS) is 33.5. The molecule has 0 bridgehead atoms. The zero-order valence-corrected chi connectivity index (χ0v) is 11.4. The maximum Gasteiger partial charge on any atom is 0.122 e. The minimum Gasteiger partial charge on any atom is -0.302 e. The third-order valence-corrected chi connectivity index (χ3v) is 5.40. The number of rotatable bonds is 0. The third-order valence-electron chi connectivity index (χ3n) is 3.38. The van der Waals surface area contributed by atoms with E-state index in [0.717, 1.165) is 12.8 Å². The zero-order chi connectivity index (χ0) is 11.8. The molecule has 0 radical (unpaired) electrons. The Kier molecular flexibility index (Phi) is 3.27. The Bertz CT molecular complexity index is 400. The first-order chi connectivity index (χ1) is 7.56. The van der Waals surface area contributed by atoms with Gasteiger partial charge < -0.3 is 4.67 Å². The van der Waals surface area contributed by atoms with Crippen LogP contribution in [0.3, 0.4) is 0 Å². The van der Waals surface area contributed by atoms with Crippen LogP contribution < -0.4 is 5.50 Å². The molecule has 2 N–H and O–H groups in total. The van der Waals surface area contributed by atoms with Crippen molar-refractivity contribution >= 4 is 7.36 Å². The standard InChI is InChI=1S/C12H22N3P/c1-4-11-8-6-5-7-9-12-10(2)14-16(3,13)15(11)12/h4H,5-9,13H2,1-3H3/b11-4+. The Balaban J connectivity index is 2.43. The van der Waals surface area contributed by atoms with Crippen molar-refractivity contribution in [2.45, 2.75) is 46.0 Å². The number of nitrogens with two attached hydrogens (primary N) is 1. The van der Waals surface area contributed by atoms with Gasteiger partial charge in [-0.15, -0.1) is 0 Å². The Morgan fingerprint density at radius 1 is 1.31 bits per heavy atom. The highest BCUT2D eigenvalue weighted by Crippen LogP contribution is 2.55. The molecule has 0 spiro atoms. The summed E-state index contributed by atoms with van der Waals surface area (Å²) in [5, 5.41) is 0. The molecule has 1 unspecified atom stereocenters. The molecule has 2 rings (SSSR count). The smallest absolute Gasteiger partial charge is 0.122 e. The number of allylic oxidation sites excluding steroid dienone is 4. The third kappa shape index (κ3) is 1.99. The topological polar surface area (TPSA) is 41.6 Å². The van der Waals surface area contributed by atoms with Gasteiger partial charge in [0.05, 0.1) is 5.70 Å². The van der Waals surface area contributed by atoms with Gasteiger partial charge in [-0.1, -0.05) is 12.5 Å². The Morgan fingerprint density at radius 3 is 2.69 bits per heavy atom. The second-order valence-electron chi connectivity index (χ2n) is 4.76. The van der Waals surface area contributed by atoms with Crippen molar-refractivity contribution in [3.05, 3.63) is 23.2 Å². The summed E-state index contributed by atoms with van der Waals surface area (Å²) in [5.74, 6) is 0. The predicted molar refractivity (Wildman–Crippen MR) is 70.8 cm³/mol. The van der Waals surface area contributed by atoms with Crippen LogP contribution in [0.25, 0.3) is 0 Å². The summed E-state index contributed by atoms with van der Waals surface area (Å²) in [5.41, 5.74) is 10.3. The molecule has 1 atom stereocenters. The van der Waals surface area contributed by atoms with Crippen LogP contribution in [-0.2, 0) is 0 Å². The van der Waals surface area contributed by atoms with E-state index in [1.54, 1.807) is 0 Å². The monoisotopic (exact) mass is 239 g/mol. The molecule has 0 saturated carbocycles. The molecule has 16 heavy (non-hydrogen) atoms. The van der Waals surface area contributed by atoms with Crippen molar-refractivity contribution in [2.75, 3.05) is 6.66 Å². The van der Waals surface area contributed by atoms with E-state index < -0.39 is 7.36 Å². The molecule has 3 nitrogen and oxygen atoms in total. The average Bonchev–Trinajstić information content (AvgIpc) is 2.36. The van der Waals surface area contributed by atoms with Gasteiger partial charge in [-0.05, 0) is 39.5 Å². The van der Waals surface area contributed by atoms with Crippen molar-refractivity contribution in [3.8, 4) is 0 Å². The van der Waals surface area contributed by atoms with E-state index in [1.807, 2.05) is 0 Å². The zero-order valence-electron chi connectivity index (χ0n) is 10.5. The lowest BCUT2D eigenvalue weighted by atomic mass is 10.0. The summed E-state index contributed by atoms with van der Waals surface area (Å²) in [4.78, 5) is 0. The van der Waals surface area contributed by atoms with E-state index in [-0.39, 0.29) is 0 Å². The molecule has 2 heterocycles. The number of hydrogen-bond acceptors (Lipinski definition) is 3. The molecular weight excluding hydrogens is 217 g/mol. The first kappa shape index (κ1) is 11.9. The van der Waals surface area contributed by atoms with Gasteiger partial charge in [0.2, 0.25) is 0 Å². The molecule has 0 aliphatic carbocycles. The van der Waals surface area contributed by atoms with Crippen molar-refractivity contribution in [2.24, 2.45) is 10.2 Å². The van der Waals surface area contributed by atoms with Crippen molar-refractivity contribution in [1.29, 1.82) is 0 Å². The predicted octanol–water partition coefficient (Wildman–Crippen LogP) is 4.02. The van der Waals surface area contributed by atoms with Crippen molar-refractivity contribution in [3.63, 3.8) is 0 Å². The van der Waals surface area contributed by atoms with Gasteiger partial charge >= 0.3 is 0 Å². The molecule has 90 valence electrons. The van der Waals surface area contributed by atoms with Crippen LogP contribution in [0.1, 0.15) is 46.0 Å². The number of fused-ring (bicyclic) bond motifs is 1. The number of nitrogens with zero attached hydrogens (tertiary/aromatic N) is 2. The quantitative estimate of drug-likeness (QED) is 0.649. The summed E-state index contributed by atoms with van der Waals surface area (Å²) >= 11 is 0. The molecule has 0 aromatic rings. The van der Waals surface area contributed by atoms with Crippen molar-refractivity contribution < 1.29 is 0 Å². The van der Waals surface area contributed by atoms with Crippen molar-refractivity contribution in [1.82, 2.24) is 4.67 Å². The first-order valence-electron chi connectivity index (χ1n) is 6.10. The van der Waals surface area contributed by atoms with Crippen LogP contribution in [0.5, 0.6) is 0 Å². The van der Waals surface area contributed by atoms with Crippen LogP contribution in [0, 0.1) is 0 Å². The van der Waals surface area contributed by atoms with Crippen LogP contribution >= 0.6 is 7.36 Å². The lowest BCUT2D eigenvalue weighted by Crippen LogP contribution is -2.22. The lowest BCUT2D eigenvalue weighted by Gasteiger charge is -2.33. The van der Waals surface area contributed by atoms with E-state index in [9.17, 15) is 0 Å². The Morgan fingerprint density at radius 2 is 2.00 bits per heavy atom. The molecule has 0 aromatic carbocycles. The molecular formula is C12H22N3P. The van der Waals surface area contributed by atoms with Crippen LogP contribution in [0.15, 0.2) is 27.9 Å². The number of hydrogen-bond donors (Lipinski definition) is 1. The molecule has 4 heteroatoms. The van der Waals surface area contributed by atoms with Gasteiger partial charge in [0.15, 0.2) is 0 Å². The molecule has 0 aromatic heterocycles. The second kappa shape index (κ2) is 4.38. The SMILES string of the molecule is C/C=C1\CCCCCC2=C(C)N=P(C)(N)N21. The fourth-order valence-corrected chi connectivity index (χ4v) is 4.95. The molecule has 2 aliphatic heterocycles. The minimum absolute atomic E-state index is 1.14. The highest BCUT2D eigenvalue weighted by Gasteiger charge is 2.31. The van der Waals surface area contributed by atoms with Gasteiger partial charge in [0.25, 0.3) is 0 Å². The molecule has 1 fully saturated rings. The minimum atomic E-state index is -1.78. The lowest BCUT2D eigenvalue weighted by molar-refractivity contribution is 0.518. The Labute approximate surface area is 98.6 Å². The van der Waals surface area contributed by atoms with Gasteiger partial charge in [0, 0.05) is 18.1 Å². The largest absolute Gasteiger partial charge is 0.302 e. The highest BCUT2D eigenvalue weighted by atomic mass is 31.2. The molecule has 2 aliphatic rings. The fourth-order valence-electron chi connectivity index (χ4n) is 2.67. The van der Waals surface area contributed by atoms with Gasteiger partial charge in [0.1, 0.15) is 7.36 Å². The highest BCUT2D eigenvalue weighted by molar-refractivity contribution is 7.61. The van der Waals surface area contributed by atoms with Crippen LogP contribution in [0.4, 0.5) is 0 Å². The van der Waals surface area contributed by atoms with E-state index in [1.165, 1.54) is 36.4 Å². The van der Waals surface area contributed by atoms with E-state index in [2.05, 4.69) is 31.3 Å². The molecule has 1 saturated heterocycles. The van der Waals surface area contributed by atoms with Gasteiger partial charge in [-0.2, -0.15) is 0 Å². The Hall–Kier alpha value is -0.530. The fraction of sp³-hybridized carbons (Fsp3) is 0.667. The summed E-state index contributed by atoms with van der Waals surface area (Å²) in [7, 11) is -1.78. The summed E-state index contributed by atoms with van der Waals surface area (Å²) in [6.45, 7) is 6.33. The van der Waals surface area contributed by atoms with E-state index >= 15 is 0 Å². The van der Waals surface area contributed by atoms with Gasteiger partial charge in [-0.25, -0.2) is 4.74 Å². The van der Waals surface area contributed by atoms with E-state index in [4.69, 9.17) is 10.2 Å². The maximum atomic E-state index is 6.40. The van der Waals surface area contributed by atoms with Crippen LogP contribution in [-0.4, -0.2) is 11.3 Å². The summed E-state index contributed by atoms with van der Waals surface area (Å²) in [6, 6.07) is 0. The van der Waals surface area contributed by atoms with Crippen LogP contribution in [0.2, 0.25) is 0 Å². The average molecular weight is 239 g/mol.